The Labute approximate surface area is 180 Å². The number of nitrogens with one attached hydrogen (secondary N) is 2. The summed E-state index contributed by atoms with van der Waals surface area (Å²) in [5, 5.41) is 3.02. The van der Waals surface area contributed by atoms with Crippen molar-refractivity contribution in [3.63, 3.8) is 0 Å². The number of amides is 1. The SMILES string of the molecule is COc1ccc([C@H](C)NC(=O)c2ccc(NS(=O)(=O)c3ccccc3)cc2Cl)cc1. The second-order valence-electron chi connectivity index (χ2n) is 6.58. The lowest BCUT2D eigenvalue weighted by Crippen LogP contribution is -2.27. The Morgan fingerprint density at radius 2 is 1.67 bits per heavy atom. The first-order valence-electron chi connectivity index (χ1n) is 9.12. The van der Waals surface area contributed by atoms with E-state index < -0.39 is 10.0 Å². The van der Waals surface area contributed by atoms with Crippen LogP contribution in [0.3, 0.4) is 0 Å². The van der Waals surface area contributed by atoms with E-state index in [4.69, 9.17) is 16.3 Å². The van der Waals surface area contributed by atoms with Crippen LogP contribution in [0, 0.1) is 0 Å². The summed E-state index contributed by atoms with van der Waals surface area (Å²) in [5.74, 6) is 0.370. The first kappa shape index (κ1) is 21.7. The summed E-state index contributed by atoms with van der Waals surface area (Å²) >= 11 is 6.26. The van der Waals surface area contributed by atoms with Crippen molar-refractivity contribution in [3.8, 4) is 5.75 Å². The van der Waals surface area contributed by atoms with Crippen molar-refractivity contribution in [2.75, 3.05) is 11.8 Å². The van der Waals surface area contributed by atoms with Gasteiger partial charge >= 0.3 is 0 Å². The topological polar surface area (TPSA) is 84.5 Å². The van der Waals surface area contributed by atoms with E-state index in [1.165, 1.54) is 30.3 Å². The molecule has 1 atom stereocenters. The number of ether oxygens (including phenoxy) is 1. The van der Waals surface area contributed by atoms with Crippen LogP contribution in [-0.4, -0.2) is 21.4 Å². The maximum atomic E-state index is 12.6. The highest BCUT2D eigenvalue weighted by Gasteiger charge is 2.17. The van der Waals surface area contributed by atoms with Gasteiger partial charge in [0.2, 0.25) is 0 Å². The van der Waals surface area contributed by atoms with Crippen molar-refractivity contribution in [1.82, 2.24) is 5.32 Å². The lowest BCUT2D eigenvalue weighted by Gasteiger charge is -2.16. The van der Waals surface area contributed by atoms with Crippen LogP contribution in [0.25, 0.3) is 0 Å². The van der Waals surface area contributed by atoms with E-state index in [0.29, 0.717) is 0 Å². The van der Waals surface area contributed by atoms with Crippen LogP contribution in [0.4, 0.5) is 5.69 Å². The molecule has 3 rings (SSSR count). The number of carbonyl (C=O) groups excluding carboxylic acids is 1. The molecule has 2 N–H and O–H groups in total. The molecule has 6 nitrogen and oxygen atoms in total. The van der Waals surface area contributed by atoms with E-state index in [-0.39, 0.29) is 33.1 Å². The number of sulfonamides is 1. The molecule has 0 saturated heterocycles. The van der Waals surface area contributed by atoms with E-state index in [1.54, 1.807) is 25.3 Å². The molecule has 0 radical (unpaired) electrons. The summed E-state index contributed by atoms with van der Waals surface area (Å²) in [4.78, 5) is 12.8. The van der Waals surface area contributed by atoms with Crippen molar-refractivity contribution < 1.29 is 17.9 Å². The van der Waals surface area contributed by atoms with Crippen LogP contribution in [-0.2, 0) is 10.0 Å². The van der Waals surface area contributed by atoms with Gasteiger partial charge < -0.3 is 10.1 Å². The lowest BCUT2D eigenvalue weighted by molar-refractivity contribution is 0.0940. The third-order valence-corrected chi connectivity index (χ3v) is 6.19. The van der Waals surface area contributed by atoms with Crippen molar-refractivity contribution in [3.05, 3.63) is 88.9 Å². The number of hydrogen-bond donors (Lipinski definition) is 2. The summed E-state index contributed by atoms with van der Waals surface area (Å²) in [6, 6.07) is 19.5. The molecule has 3 aromatic carbocycles. The Kier molecular flexibility index (Phi) is 6.64. The first-order chi connectivity index (χ1) is 14.3. The minimum Gasteiger partial charge on any atom is -0.497 e. The molecular weight excluding hydrogens is 424 g/mol. The highest BCUT2D eigenvalue weighted by atomic mass is 35.5. The highest BCUT2D eigenvalue weighted by molar-refractivity contribution is 7.92. The molecule has 0 aromatic heterocycles. The third kappa shape index (κ3) is 5.11. The monoisotopic (exact) mass is 444 g/mol. The van der Waals surface area contributed by atoms with Crippen molar-refractivity contribution in [2.45, 2.75) is 17.9 Å². The van der Waals surface area contributed by atoms with Gasteiger partial charge in [0.05, 0.1) is 34.3 Å². The van der Waals surface area contributed by atoms with Gasteiger partial charge in [-0.25, -0.2) is 8.42 Å². The Morgan fingerprint density at radius 3 is 2.27 bits per heavy atom. The maximum Gasteiger partial charge on any atom is 0.261 e. The van der Waals surface area contributed by atoms with Gasteiger partial charge in [-0.15, -0.1) is 0 Å². The average Bonchev–Trinajstić information content (AvgIpc) is 2.74. The molecule has 0 bridgehead atoms. The molecular formula is C22H21ClN2O4S. The Morgan fingerprint density at radius 1 is 1.00 bits per heavy atom. The lowest BCUT2D eigenvalue weighted by atomic mass is 10.1. The smallest absolute Gasteiger partial charge is 0.261 e. The second kappa shape index (κ2) is 9.19. The summed E-state index contributed by atoms with van der Waals surface area (Å²) < 4.78 is 32.5. The summed E-state index contributed by atoms with van der Waals surface area (Å²) in [6.45, 7) is 1.86. The number of methoxy groups -OCH3 is 1. The fraction of sp³-hybridized carbons (Fsp3) is 0.136. The molecule has 0 aliphatic rings. The van der Waals surface area contributed by atoms with Crippen molar-refractivity contribution in [2.24, 2.45) is 0 Å². The van der Waals surface area contributed by atoms with Crippen LogP contribution in [0.2, 0.25) is 5.02 Å². The maximum absolute atomic E-state index is 12.6. The largest absolute Gasteiger partial charge is 0.497 e. The third-order valence-electron chi connectivity index (χ3n) is 4.48. The first-order valence-corrected chi connectivity index (χ1v) is 11.0. The molecule has 1 amide bonds. The van der Waals surface area contributed by atoms with Gasteiger partial charge in [-0.3, -0.25) is 9.52 Å². The van der Waals surface area contributed by atoms with Gasteiger partial charge in [-0.1, -0.05) is 41.9 Å². The van der Waals surface area contributed by atoms with Gasteiger partial charge in [-0.2, -0.15) is 0 Å². The van der Waals surface area contributed by atoms with Gasteiger partial charge in [0, 0.05) is 0 Å². The van der Waals surface area contributed by atoms with Crippen molar-refractivity contribution in [1.29, 1.82) is 0 Å². The summed E-state index contributed by atoms with van der Waals surface area (Å²) in [6.07, 6.45) is 0. The van der Waals surface area contributed by atoms with E-state index in [2.05, 4.69) is 10.0 Å². The zero-order valence-electron chi connectivity index (χ0n) is 16.4. The molecule has 156 valence electrons. The van der Waals surface area contributed by atoms with Crippen LogP contribution in [0.15, 0.2) is 77.7 Å². The number of benzene rings is 3. The Hall–Kier alpha value is -3.03. The minimum atomic E-state index is -3.74. The molecule has 8 heteroatoms. The van der Waals surface area contributed by atoms with E-state index >= 15 is 0 Å². The normalized spacial score (nSPS) is 12.1. The van der Waals surface area contributed by atoms with Crippen LogP contribution in [0.1, 0.15) is 28.9 Å². The standard InChI is InChI=1S/C22H21ClN2O4S/c1-15(16-8-11-18(29-2)12-9-16)24-22(26)20-13-10-17(14-21(20)23)25-30(27,28)19-6-4-3-5-7-19/h3-15,25H,1-2H3,(H,24,26)/t15-/m0/s1. The predicted octanol–water partition coefficient (Wildman–Crippen LogP) is 4.64. The Bertz CT molecular complexity index is 1130. The molecule has 3 aromatic rings. The van der Waals surface area contributed by atoms with Crippen LogP contribution < -0.4 is 14.8 Å². The number of halogens is 1. The fourth-order valence-corrected chi connectivity index (χ4v) is 4.16. The molecule has 0 aliphatic carbocycles. The van der Waals surface area contributed by atoms with E-state index in [9.17, 15) is 13.2 Å². The highest BCUT2D eigenvalue weighted by Crippen LogP contribution is 2.24. The molecule has 0 heterocycles. The van der Waals surface area contributed by atoms with E-state index in [0.717, 1.165) is 11.3 Å². The predicted molar refractivity (Wildman–Crippen MR) is 118 cm³/mol. The number of anilines is 1. The molecule has 0 unspecified atom stereocenters. The quantitative estimate of drug-likeness (QED) is 0.556. The van der Waals surface area contributed by atoms with Gasteiger partial charge in [-0.05, 0) is 55.0 Å². The van der Waals surface area contributed by atoms with Gasteiger partial charge in [0.1, 0.15) is 5.75 Å². The molecule has 0 saturated carbocycles. The molecule has 0 fully saturated rings. The average molecular weight is 445 g/mol. The summed E-state index contributed by atoms with van der Waals surface area (Å²) in [5.41, 5.74) is 1.43. The Balaban J connectivity index is 1.72. The van der Waals surface area contributed by atoms with Crippen molar-refractivity contribution >= 4 is 33.2 Å². The molecule has 30 heavy (non-hydrogen) atoms. The number of hydrogen-bond acceptors (Lipinski definition) is 4. The fourth-order valence-electron chi connectivity index (χ4n) is 2.83. The van der Waals surface area contributed by atoms with Gasteiger partial charge in [0.25, 0.3) is 15.9 Å². The minimum absolute atomic E-state index is 0.135. The zero-order valence-corrected chi connectivity index (χ0v) is 18.0. The molecule has 0 spiro atoms. The van der Waals surface area contributed by atoms with Gasteiger partial charge in [0.15, 0.2) is 0 Å². The number of carbonyl (C=O) groups is 1. The number of rotatable bonds is 7. The van der Waals surface area contributed by atoms with Crippen LogP contribution in [0.5, 0.6) is 5.75 Å². The second-order valence-corrected chi connectivity index (χ2v) is 8.67. The molecule has 0 aliphatic heterocycles. The van der Waals surface area contributed by atoms with E-state index in [1.807, 2.05) is 31.2 Å². The van der Waals surface area contributed by atoms with Crippen LogP contribution >= 0.6 is 11.6 Å². The summed E-state index contributed by atoms with van der Waals surface area (Å²) in [7, 11) is -2.15. The zero-order chi connectivity index (χ0) is 21.7.